The van der Waals surface area contributed by atoms with Gasteiger partial charge in [-0.15, -0.1) is 0 Å². The number of carbonyl (C=O) groups is 1. The van der Waals surface area contributed by atoms with Crippen LogP contribution in [0.3, 0.4) is 0 Å². The van der Waals surface area contributed by atoms with Gasteiger partial charge in [-0.2, -0.15) is 0 Å². The maximum atomic E-state index is 11.8. The summed E-state index contributed by atoms with van der Waals surface area (Å²) in [5, 5.41) is 11.7. The molecular weight excluding hydrogens is 185 g/mol. The average molecular weight is 197 g/mol. The van der Waals surface area contributed by atoms with E-state index >= 15 is 0 Å². The topological polar surface area (TPSA) is 49.3 Å². The van der Waals surface area contributed by atoms with Gasteiger partial charge in [-0.3, -0.25) is 4.39 Å². The lowest BCUT2D eigenvalue weighted by Crippen LogP contribution is -2.07. The fraction of sp³-hybridized carbons (Fsp3) is 0.300. The average Bonchev–Trinajstić information content (AvgIpc) is 2.19. The molecule has 0 aliphatic carbocycles. The Bertz CT molecular complexity index is 315. The van der Waals surface area contributed by atoms with Crippen LogP contribution in [-0.2, 0) is 0 Å². The second-order valence-electron chi connectivity index (χ2n) is 2.82. The normalized spacial score (nSPS) is 9.79. The molecule has 0 atom stereocenters. The predicted molar refractivity (Wildman–Crippen MR) is 52.5 cm³/mol. The van der Waals surface area contributed by atoms with Crippen molar-refractivity contribution in [3.05, 3.63) is 29.8 Å². The molecule has 14 heavy (non-hydrogen) atoms. The number of halogens is 1. The molecule has 0 bridgehead atoms. The molecule has 0 heterocycles. The van der Waals surface area contributed by atoms with E-state index in [0.29, 0.717) is 18.7 Å². The molecule has 3 nitrogen and oxygen atoms in total. The highest BCUT2D eigenvalue weighted by Crippen LogP contribution is 2.14. The predicted octanol–water partition coefficient (Wildman–Crippen LogP) is 2.16. The fourth-order valence-electron chi connectivity index (χ4n) is 1.11. The van der Waals surface area contributed by atoms with E-state index in [1.165, 1.54) is 6.07 Å². The van der Waals surface area contributed by atoms with E-state index in [9.17, 15) is 9.18 Å². The number of anilines is 1. The molecule has 1 aromatic carbocycles. The van der Waals surface area contributed by atoms with Gasteiger partial charge >= 0.3 is 5.97 Å². The number of rotatable bonds is 5. The smallest absolute Gasteiger partial charge is 0.337 e. The summed E-state index contributed by atoms with van der Waals surface area (Å²) >= 11 is 0. The van der Waals surface area contributed by atoms with E-state index in [1.807, 2.05) is 0 Å². The standard InChI is InChI=1S/C10H12FNO2/c11-6-3-7-12-9-5-2-1-4-8(9)10(13)14/h1-2,4-5,12H,3,6-7H2,(H,13,14). The maximum Gasteiger partial charge on any atom is 0.337 e. The minimum Gasteiger partial charge on any atom is -0.478 e. The highest BCUT2D eigenvalue weighted by molar-refractivity contribution is 5.94. The summed E-state index contributed by atoms with van der Waals surface area (Å²) in [6.07, 6.45) is 0.383. The number of alkyl halides is 1. The zero-order valence-electron chi connectivity index (χ0n) is 7.66. The number of aromatic carboxylic acids is 1. The first kappa shape index (κ1) is 10.5. The van der Waals surface area contributed by atoms with Gasteiger partial charge in [0, 0.05) is 12.2 Å². The van der Waals surface area contributed by atoms with Gasteiger partial charge in [0.05, 0.1) is 12.2 Å². The molecule has 0 saturated heterocycles. The van der Waals surface area contributed by atoms with Gasteiger partial charge < -0.3 is 10.4 Å². The highest BCUT2D eigenvalue weighted by atomic mass is 19.1. The Morgan fingerprint density at radius 2 is 2.14 bits per heavy atom. The molecule has 0 aromatic heterocycles. The van der Waals surface area contributed by atoms with Gasteiger partial charge in [-0.1, -0.05) is 12.1 Å². The molecule has 0 radical (unpaired) electrons. The molecule has 0 spiro atoms. The minimum atomic E-state index is -0.978. The number of nitrogens with one attached hydrogen (secondary N) is 1. The van der Waals surface area contributed by atoms with E-state index in [2.05, 4.69) is 5.32 Å². The van der Waals surface area contributed by atoms with Crippen LogP contribution in [0.5, 0.6) is 0 Å². The first-order valence-corrected chi connectivity index (χ1v) is 4.38. The van der Waals surface area contributed by atoms with Gasteiger partial charge in [0.1, 0.15) is 0 Å². The van der Waals surface area contributed by atoms with Crippen LogP contribution >= 0.6 is 0 Å². The van der Waals surface area contributed by atoms with Crippen LogP contribution in [0.4, 0.5) is 10.1 Å². The lowest BCUT2D eigenvalue weighted by Gasteiger charge is -2.07. The van der Waals surface area contributed by atoms with Crippen molar-refractivity contribution in [3.63, 3.8) is 0 Å². The lowest BCUT2D eigenvalue weighted by molar-refractivity contribution is 0.0698. The van der Waals surface area contributed by atoms with Gasteiger partial charge in [-0.25, -0.2) is 4.79 Å². The molecule has 76 valence electrons. The summed E-state index contributed by atoms with van der Waals surface area (Å²) in [6, 6.07) is 6.58. The first-order valence-electron chi connectivity index (χ1n) is 4.38. The first-order chi connectivity index (χ1) is 6.75. The van der Waals surface area contributed by atoms with Crippen molar-refractivity contribution in [2.45, 2.75) is 6.42 Å². The Labute approximate surface area is 81.6 Å². The van der Waals surface area contributed by atoms with Crippen LogP contribution in [0.2, 0.25) is 0 Å². The zero-order valence-corrected chi connectivity index (χ0v) is 7.66. The van der Waals surface area contributed by atoms with Gasteiger partial charge in [0.2, 0.25) is 0 Å². The molecule has 0 aliphatic rings. The summed E-state index contributed by atoms with van der Waals surface area (Å²) in [5.74, 6) is -0.978. The maximum absolute atomic E-state index is 11.8. The van der Waals surface area contributed by atoms with E-state index in [1.54, 1.807) is 18.2 Å². The van der Waals surface area contributed by atoms with Gasteiger partial charge in [0.15, 0.2) is 0 Å². The number of hydrogen-bond donors (Lipinski definition) is 2. The summed E-state index contributed by atoms with van der Waals surface area (Å²) in [6.45, 7) is 0.0447. The third kappa shape index (κ3) is 2.73. The quantitative estimate of drug-likeness (QED) is 0.711. The van der Waals surface area contributed by atoms with Gasteiger partial charge in [0.25, 0.3) is 0 Å². The van der Waals surface area contributed by atoms with Crippen molar-refractivity contribution >= 4 is 11.7 Å². The molecule has 0 saturated carbocycles. The molecule has 0 fully saturated rings. The number of para-hydroxylation sites is 1. The van der Waals surface area contributed by atoms with Crippen molar-refractivity contribution in [2.75, 3.05) is 18.5 Å². The van der Waals surface area contributed by atoms with Crippen LogP contribution in [0.25, 0.3) is 0 Å². The Morgan fingerprint density at radius 1 is 1.43 bits per heavy atom. The minimum absolute atomic E-state index is 0.214. The van der Waals surface area contributed by atoms with Crippen molar-refractivity contribution in [3.8, 4) is 0 Å². The highest BCUT2D eigenvalue weighted by Gasteiger charge is 2.07. The Morgan fingerprint density at radius 3 is 2.79 bits per heavy atom. The fourth-order valence-corrected chi connectivity index (χ4v) is 1.11. The van der Waals surface area contributed by atoms with Crippen molar-refractivity contribution in [1.29, 1.82) is 0 Å². The van der Waals surface area contributed by atoms with Crippen molar-refractivity contribution in [2.24, 2.45) is 0 Å². The molecule has 0 amide bonds. The number of carboxylic acid groups (broad SMARTS) is 1. The number of benzene rings is 1. The summed E-state index contributed by atoms with van der Waals surface area (Å²) in [5.41, 5.74) is 0.750. The molecule has 2 N–H and O–H groups in total. The van der Waals surface area contributed by atoms with E-state index in [-0.39, 0.29) is 5.56 Å². The Balaban J connectivity index is 2.69. The summed E-state index contributed by atoms with van der Waals surface area (Å²) in [7, 11) is 0. The second-order valence-corrected chi connectivity index (χ2v) is 2.82. The van der Waals surface area contributed by atoms with Crippen molar-refractivity contribution in [1.82, 2.24) is 0 Å². The molecule has 0 unspecified atom stereocenters. The van der Waals surface area contributed by atoms with Crippen LogP contribution in [-0.4, -0.2) is 24.3 Å². The lowest BCUT2D eigenvalue weighted by atomic mass is 10.2. The third-order valence-corrected chi connectivity index (χ3v) is 1.78. The molecule has 1 rings (SSSR count). The molecule has 0 aliphatic heterocycles. The summed E-state index contributed by atoms with van der Waals surface area (Å²) < 4.78 is 11.8. The number of hydrogen-bond acceptors (Lipinski definition) is 2. The van der Waals surface area contributed by atoms with E-state index < -0.39 is 12.6 Å². The Hall–Kier alpha value is -1.58. The Kier molecular flexibility index (Phi) is 3.91. The molecule has 4 heteroatoms. The third-order valence-electron chi connectivity index (χ3n) is 1.78. The van der Waals surface area contributed by atoms with Crippen LogP contribution in [0.1, 0.15) is 16.8 Å². The van der Waals surface area contributed by atoms with E-state index in [0.717, 1.165) is 0 Å². The van der Waals surface area contributed by atoms with E-state index in [4.69, 9.17) is 5.11 Å². The van der Waals surface area contributed by atoms with Crippen LogP contribution in [0.15, 0.2) is 24.3 Å². The monoisotopic (exact) mass is 197 g/mol. The SMILES string of the molecule is O=C(O)c1ccccc1NCCCF. The summed E-state index contributed by atoms with van der Waals surface area (Å²) in [4.78, 5) is 10.7. The number of carboxylic acids is 1. The van der Waals surface area contributed by atoms with Crippen LogP contribution < -0.4 is 5.32 Å². The van der Waals surface area contributed by atoms with Crippen molar-refractivity contribution < 1.29 is 14.3 Å². The largest absolute Gasteiger partial charge is 0.478 e. The second kappa shape index (κ2) is 5.21. The van der Waals surface area contributed by atoms with Gasteiger partial charge in [-0.05, 0) is 18.6 Å². The molecule has 1 aromatic rings. The zero-order chi connectivity index (χ0) is 10.4. The van der Waals surface area contributed by atoms with Crippen LogP contribution in [0, 0.1) is 0 Å². The molecular formula is C10H12FNO2.